The Morgan fingerprint density at radius 3 is 2.69 bits per heavy atom. The van der Waals surface area contributed by atoms with E-state index < -0.39 is 6.10 Å². The number of phenols is 1. The summed E-state index contributed by atoms with van der Waals surface area (Å²) in [5, 5.41) is 19.0. The Morgan fingerprint density at radius 2 is 2.15 bits per heavy atom. The van der Waals surface area contributed by atoms with Gasteiger partial charge in [0.05, 0.1) is 10.6 Å². The Kier molecular flexibility index (Phi) is 3.30. The minimum absolute atomic E-state index is 0.0675. The largest absolute Gasteiger partial charge is 0.506 e. The number of aliphatic hydroxyl groups is 1. The van der Waals surface area contributed by atoms with Crippen LogP contribution in [0.5, 0.6) is 5.75 Å². The fourth-order valence-corrected chi connectivity index (χ4v) is 1.44. The second-order valence-electron chi connectivity index (χ2n) is 2.89. The summed E-state index contributed by atoms with van der Waals surface area (Å²) in [6.45, 7) is 1.96. The molecule has 1 unspecified atom stereocenters. The van der Waals surface area contributed by atoms with E-state index >= 15 is 0 Å². The summed E-state index contributed by atoms with van der Waals surface area (Å²) in [6.07, 6.45) is -0.808. The van der Waals surface area contributed by atoms with Crippen molar-refractivity contribution in [2.75, 3.05) is 6.54 Å². The van der Waals surface area contributed by atoms with Gasteiger partial charge in [-0.2, -0.15) is 0 Å². The molecule has 1 aromatic carbocycles. The highest BCUT2D eigenvalue weighted by molar-refractivity contribution is 9.10. The van der Waals surface area contributed by atoms with Crippen LogP contribution in [0.2, 0.25) is 0 Å². The standard InChI is InChI=1S/C9H12BrNO2/c1-5-2-3-6(7(12)4-11)9(13)8(5)10/h2-3,7,12-13H,4,11H2,1H3. The van der Waals surface area contributed by atoms with Gasteiger partial charge in [-0.15, -0.1) is 0 Å². The van der Waals surface area contributed by atoms with E-state index in [0.717, 1.165) is 5.56 Å². The third kappa shape index (κ3) is 2.02. The molecule has 0 heterocycles. The Bertz CT molecular complexity index is 315. The van der Waals surface area contributed by atoms with Crippen LogP contribution < -0.4 is 5.73 Å². The van der Waals surface area contributed by atoms with Crippen molar-refractivity contribution in [2.24, 2.45) is 5.73 Å². The number of nitrogens with two attached hydrogens (primary N) is 1. The lowest BCUT2D eigenvalue weighted by Gasteiger charge is -2.12. The summed E-state index contributed by atoms with van der Waals surface area (Å²) in [5.74, 6) is 0.0675. The highest BCUT2D eigenvalue weighted by Crippen LogP contribution is 2.33. The van der Waals surface area contributed by atoms with Gasteiger partial charge in [0, 0.05) is 12.1 Å². The molecule has 0 aliphatic rings. The van der Waals surface area contributed by atoms with Crippen LogP contribution in [0, 0.1) is 6.92 Å². The summed E-state index contributed by atoms with van der Waals surface area (Å²) in [4.78, 5) is 0. The van der Waals surface area contributed by atoms with Gasteiger partial charge in [0.15, 0.2) is 0 Å². The highest BCUT2D eigenvalue weighted by atomic mass is 79.9. The number of benzene rings is 1. The molecule has 0 saturated heterocycles. The molecule has 13 heavy (non-hydrogen) atoms. The van der Waals surface area contributed by atoms with Gasteiger partial charge in [0.25, 0.3) is 0 Å². The topological polar surface area (TPSA) is 66.5 Å². The summed E-state index contributed by atoms with van der Waals surface area (Å²) in [7, 11) is 0. The number of rotatable bonds is 2. The molecule has 0 aliphatic heterocycles. The highest BCUT2D eigenvalue weighted by Gasteiger charge is 2.13. The molecule has 4 N–H and O–H groups in total. The zero-order valence-corrected chi connectivity index (χ0v) is 8.87. The van der Waals surface area contributed by atoms with E-state index in [0.29, 0.717) is 10.0 Å². The van der Waals surface area contributed by atoms with E-state index in [4.69, 9.17) is 5.73 Å². The molecule has 1 rings (SSSR count). The minimum atomic E-state index is -0.808. The van der Waals surface area contributed by atoms with E-state index in [2.05, 4.69) is 15.9 Å². The van der Waals surface area contributed by atoms with Crippen LogP contribution in [-0.2, 0) is 0 Å². The SMILES string of the molecule is Cc1ccc(C(O)CN)c(O)c1Br. The molecular formula is C9H12BrNO2. The van der Waals surface area contributed by atoms with Gasteiger partial charge < -0.3 is 15.9 Å². The van der Waals surface area contributed by atoms with Crippen molar-refractivity contribution in [2.45, 2.75) is 13.0 Å². The number of hydrogen-bond donors (Lipinski definition) is 3. The molecule has 1 atom stereocenters. The van der Waals surface area contributed by atoms with Gasteiger partial charge in [-0.3, -0.25) is 0 Å². The number of halogens is 1. The van der Waals surface area contributed by atoms with Crippen molar-refractivity contribution in [3.05, 3.63) is 27.7 Å². The normalized spacial score (nSPS) is 12.9. The molecule has 0 bridgehead atoms. The van der Waals surface area contributed by atoms with Gasteiger partial charge in [0.1, 0.15) is 5.75 Å². The Labute approximate surface area is 85.3 Å². The fraction of sp³-hybridized carbons (Fsp3) is 0.333. The van der Waals surface area contributed by atoms with Crippen molar-refractivity contribution < 1.29 is 10.2 Å². The maximum absolute atomic E-state index is 9.62. The molecule has 72 valence electrons. The molecule has 1 aromatic rings. The minimum Gasteiger partial charge on any atom is -0.506 e. The molecule has 3 nitrogen and oxygen atoms in total. The predicted octanol–water partition coefficient (Wildman–Crippen LogP) is 1.46. The van der Waals surface area contributed by atoms with E-state index in [1.807, 2.05) is 13.0 Å². The molecule has 0 aromatic heterocycles. The van der Waals surface area contributed by atoms with Crippen LogP contribution in [0.15, 0.2) is 16.6 Å². The molecule has 0 spiro atoms. The summed E-state index contributed by atoms with van der Waals surface area (Å²) in [5.41, 5.74) is 6.66. The number of aromatic hydroxyl groups is 1. The maximum atomic E-state index is 9.62. The quantitative estimate of drug-likeness (QED) is 0.739. The second-order valence-corrected chi connectivity index (χ2v) is 3.68. The van der Waals surface area contributed by atoms with Crippen LogP contribution in [0.3, 0.4) is 0 Å². The Hall–Kier alpha value is -0.580. The first-order chi connectivity index (χ1) is 6.07. The zero-order valence-electron chi connectivity index (χ0n) is 7.29. The Morgan fingerprint density at radius 1 is 1.54 bits per heavy atom. The summed E-state index contributed by atoms with van der Waals surface area (Å²) in [6, 6.07) is 3.49. The van der Waals surface area contributed by atoms with E-state index in [9.17, 15) is 10.2 Å². The molecule has 0 radical (unpaired) electrons. The predicted molar refractivity (Wildman–Crippen MR) is 54.6 cm³/mol. The van der Waals surface area contributed by atoms with Gasteiger partial charge in [-0.25, -0.2) is 0 Å². The first-order valence-electron chi connectivity index (χ1n) is 3.94. The number of aliphatic hydroxyl groups excluding tert-OH is 1. The average Bonchev–Trinajstić information content (AvgIpc) is 2.13. The third-order valence-corrected chi connectivity index (χ3v) is 2.92. The average molecular weight is 246 g/mol. The first kappa shape index (κ1) is 10.5. The van der Waals surface area contributed by atoms with Gasteiger partial charge in [-0.1, -0.05) is 12.1 Å². The molecule has 0 aliphatic carbocycles. The van der Waals surface area contributed by atoms with Crippen molar-refractivity contribution in [3.63, 3.8) is 0 Å². The Balaban J connectivity index is 3.18. The van der Waals surface area contributed by atoms with Crippen molar-refractivity contribution >= 4 is 15.9 Å². The zero-order chi connectivity index (χ0) is 10.0. The lowest BCUT2D eigenvalue weighted by molar-refractivity contribution is 0.182. The smallest absolute Gasteiger partial charge is 0.135 e. The number of hydrogen-bond acceptors (Lipinski definition) is 3. The molecular weight excluding hydrogens is 234 g/mol. The summed E-state index contributed by atoms with van der Waals surface area (Å²) >= 11 is 3.23. The van der Waals surface area contributed by atoms with Crippen molar-refractivity contribution in [1.82, 2.24) is 0 Å². The maximum Gasteiger partial charge on any atom is 0.135 e. The summed E-state index contributed by atoms with van der Waals surface area (Å²) < 4.78 is 0.609. The van der Waals surface area contributed by atoms with Crippen molar-refractivity contribution in [1.29, 1.82) is 0 Å². The fourth-order valence-electron chi connectivity index (χ4n) is 1.08. The van der Waals surface area contributed by atoms with E-state index in [1.54, 1.807) is 6.07 Å². The first-order valence-corrected chi connectivity index (χ1v) is 4.73. The van der Waals surface area contributed by atoms with Crippen LogP contribution in [0.25, 0.3) is 0 Å². The van der Waals surface area contributed by atoms with Gasteiger partial charge in [0.2, 0.25) is 0 Å². The lowest BCUT2D eigenvalue weighted by atomic mass is 10.1. The van der Waals surface area contributed by atoms with Crippen molar-refractivity contribution in [3.8, 4) is 5.75 Å². The molecule has 0 saturated carbocycles. The lowest BCUT2D eigenvalue weighted by Crippen LogP contribution is -2.11. The van der Waals surface area contributed by atoms with Crippen LogP contribution in [0.1, 0.15) is 17.2 Å². The van der Waals surface area contributed by atoms with Crippen LogP contribution in [0.4, 0.5) is 0 Å². The van der Waals surface area contributed by atoms with Crippen LogP contribution >= 0.6 is 15.9 Å². The molecule has 0 amide bonds. The second kappa shape index (κ2) is 4.09. The van der Waals surface area contributed by atoms with E-state index in [-0.39, 0.29) is 12.3 Å². The number of phenolic OH excluding ortho intramolecular Hbond substituents is 1. The van der Waals surface area contributed by atoms with Gasteiger partial charge in [-0.05, 0) is 28.4 Å². The van der Waals surface area contributed by atoms with E-state index in [1.165, 1.54) is 0 Å². The third-order valence-electron chi connectivity index (χ3n) is 1.92. The monoisotopic (exact) mass is 245 g/mol. The molecule has 4 heteroatoms. The van der Waals surface area contributed by atoms with Crippen LogP contribution in [-0.4, -0.2) is 16.8 Å². The number of aryl methyl sites for hydroxylation is 1. The van der Waals surface area contributed by atoms with Gasteiger partial charge >= 0.3 is 0 Å². The molecule has 0 fully saturated rings.